The van der Waals surface area contributed by atoms with Crippen LogP contribution in [0.3, 0.4) is 0 Å². The van der Waals surface area contributed by atoms with Crippen molar-refractivity contribution in [1.82, 2.24) is 0 Å². The Balaban J connectivity index is 2.68. The maximum atomic E-state index is 9.26. The smallest absolute Gasteiger partial charge is 0.272 e. The molecule has 70 valence electrons. The van der Waals surface area contributed by atoms with Crippen LogP contribution in [0, 0.1) is 0 Å². The third-order valence-corrected chi connectivity index (χ3v) is 1.76. The monoisotopic (exact) mass is 176 g/mol. The Labute approximate surface area is 69.5 Å². The highest BCUT2D eigenvalue weighted by Crippen LogP contribution is 2.15. The molecule has 5 nitrogen and oxygen atoms in total. The van der Waals surface area contributed by atoms with E-state index in [0.29, 0.717) is 0 Å². The Morgan fingerprint density at radius 1 is 1.50 bits per heavy atom. The Morgan fingerprint density at radius 3 is 2.75 bits per heavy atom. The summed E-state index contributed by atoms with van der Waals surface area (Å²) in [5.74, 6) is -0.371. The molecule has 0 radical (unpaired) electrons. The molecule has 0 saturated heterocycles. The van der Waals surface area contributed by atoms with Crippen LogP contribution in [0.25, 0.3) is 0 Å². The lowest BCUT2D eigenvalue weighted by Gasteiger charge is -2.21. The summed E-state index contributed by atoms with van der Waals surface area (Å²) in [6.45, 7) is -0.448. The van der Waals surface area contributed by atoms with Crippen molar-refractivity contribution < 1.29 is 25.2 Å². The van der Waals surface area contributed by atoms with Crippen LogP contribution in [0.2, 0.25) is 0 Å². The van der Waals surface area contributed by atoms with Gasteiger partial charge in [-0.1, -0.05) is 0 Å². The molecule has 4 N–H and O–H groups in total. The molecule has 0 aromatic carbocycles. The molecule has 1 heterocycles. The van der Waals surface area contributed by atoms with E-state index in [1.807, 2.05) is 0 Å². The van der Waals surface area contributed by atoms with Gasteiger partial charge in [0.1, 0.15) is 6.10 Å². The maximum absolute atomic E-state index is 9.26. The second-order valence-electron chi connectivity index (χ2n) is 2.67. The van der Waals surface area contributed by atoms with Gasteiger partial charge in [-0.15, -0.1) is 0 Å². The van der Waals surface area contributed by atoms with Gasteiger partial charge >= 0.3 is 0 Å². The van der Waals surface area contributed by atoms with E-state index in [-0.39, 0.29) is 12.4 Å². The van der Waals surface area contributed by atoms with Gasteiger partial charge in [-0.3, -0.25) is 0 Å². The van der Waals surface area contributed by atoms with Crippen molar-refractivity contribution in [2.24, 2.45) is 0 Å². The molecule has 0 aromatic rings. The van der Waals surface area contributed by atoms with Crippen LogP contribution in [0.5, 0.6) is 0 Å². The standard InChI is InChI=1S/C7H12O5/c8-3-5-7(11)4(9)1-2-6(10)12-5/h2,4-5,7-11H,1,3H2. The van der Waals surface area contributed by atoms with E-state index in [9.17, 15) is 10.2 Å². The van der Waals surface area contributed by atoms with Crippen LogP contribution < -0.4 is 0 Å². The van der Waals surface area contributed by atoms with E-state index in [1.165, 1.54) is 6.08 Å². The Hall–Kier alpha value is -0.780. The molecule has 0 bridgehead atoms. The fourth-order valence-electron chi connectivity index (χ4n) is 1.03. The fourth-order valence-corrected chi connectivity index (χ4v) is 1.03. The third-order valence-electron chi connectivity index (χ3n) is 1.76. The Morgan fingerprint density at radius 2 is 2.17 bits per heavy atom. The predicted molar refractivity (Wildman–Crippen MR) is 39.3 cm³/mol. The molecule has 1 aliphatic heterocycles. The summed E-state index contributed by atoms with van der Waals surface area (Å²) in [6, 6.07) is 0. The second kappa shape index (κ2) is 3.75. The van der Waals surface area contributed by atoms with Crippen LogP contribution in [-0.4, -0.2) is 45.3 Å². The summed E-state index contributed by atoms with van der Waals surface area (Å²) < 4.78 is 4.70. The number of aliphatic hydroxyl groups excluding tert-OH is 4. The molecule has 5 heteroatoms. The molecule has 0 saturated carbocycles. The van der Waals surface area contributed by atoms with Crippen LogP contribution in [-0.2, 0) is 4.74 Å². The molecule has 0 aromatic heterocycles. The number of hydrogen-bond donors (Lipinski definition) is 4. The largest absolute Gasteiger partial charge is 0.481 e. The summed E-state index contributed by atoms with van der Waals surface area (Å²) in [6.07, 6.45) is -1.77. The topological polar surface area (TPSA) is 90.2 Å². The molecule has 0 fully saturated rings. The van der Waals surface area contributed by atoms with Gasteiger partial charge in [-0.25, -0.2) is 0 Å². The lowest BCUT2D eigenvalue weighted by Crippen LogP contribution is -2.39. The zero-order valence-corrected chi connectivity index (χ0v) is 6.42. The van der Waals surface area contributed by atoms with Gasteiger partial charge in [0, 0.05) is 6.42 Å². The third kappa shape index (κ3) is 1.88. The molecule has 3 unspecified atom stereocenters. The number of aliphatic hydroxyl groups is 4. The van der Waals surface area contributed by atoms with Gasteiger partial charge in [0.25, 0.3) is 5.95 Å². The van der Waals surface area contributed by atoms with E-state index in [0.717, 1.165) is 0 Å². The average molecular weight is 176 g/mol. The van der Waals surface area contributed by atoms with Gasteiger partial charge in [0.2, 0.25) is 0 Å². The lowest BCUT2D eigenvalue weighted by atomic mass is 10.1. The number of ether oxygens (including phenoxy) is 1. The van der Waals surface area contributed by atoms with Crippen LogP contribution >= 0.6 is 0 Å². The maximum Gasteiger partial charge on any atom is 0.272 e. The van der Waals surface area contributed by atoms with Crippen molar-refractivity contribution in [2.75, 3.05) is 6.61 Å². The van der Waals surface area contributed by atoms with Gasteiger partial charge in [-0.05, 0) is 6.08 Å². The van der Waals surface area contributed by atoms with Gasteiger partial charge in [0.05, 0.1) is 12.7 Å². The van der Waals surface area contributed by atoms with Gasteiger partial charge in [0.15, 0.2) is 6.10 Å². The van der Waals surface area contributed by atoms with Crippen molar-refractivity contribution in [3.63, 3.8) is 0 Å². The molecule has 3 atom stereocenters. The molecular weight excluding hydrogens is 164 g/mol. The quantitative estimate of drug-likeness (QED) is 0.406. The van der Waals surface area contributed by atoms with E-state index < -0.39 is 24.9 Å². The van der Waals surface area contributed by atoms with Gasteiger partial charge < -0.3 is 25.2 Å². The summed E-state index contributed by atoms with van der Waals surface area (Å²) >= 11 is 0. The molecule has 1 rings (SSSR count). The van der Waals surface area contributed by atoms with E-state index >= 15 is 0 Å². The highest BCUT2D eigenvalue weighted by atomic mass is 16.6. The molecule has 0 spiro atoms. The first-order valence-corrected chi connectivity index (χ1v) is 3.68. The fraction of sp³-hybridized carbons (Fsp3) is 0.714. The number of hydrogen-bond acceptors (Lipinski definition) is 5. The van der Waals surface area contributed by atoms with Crippen molar-refractivity contribution in [3.8, 4) is 0 Å². The van der Waals surface area contributed by atoms with Crippen molar-refractivity contribution in [2.45, 2.75) is 24.7 Å². The zero-order chi connectivity index (χ0) is 9.14. The Bertz CT molecular complexity index is 179. The van der Waals surface area contributed by atoms with Gasteiger partial charge in [-0.2, -0.15) is 0 Å². The molecule has 1 aliphatic rings. The minimum absolute atomic E-state index is 0.115. The van der Waals surface area contributed by atoms with E-state index in [2.05, 4.69) is 0 Å². The van der Waals surface area contributed by atoms with Crippen molar-refractivity contribution >= 4 is 0 Å². The first-order valence-electron chi connectivity index (χ1n) is 3.68. The SMILES string of the molecule is OCC1OC(O)=CCC(O)C1O. The van der Waals surface area contributed by atoms with Crippen LogP contribution in [0.4, 0.5) is 0 Å². The normalized spacial score (nSPS) is 36.6. The first kappa shape index (κ1) is 9.31. The molecular formula is C7H12O5. The average Bonchev–Trinajstić information content (AvgIpc) is 2.18. The lowest BCUT2D eigenvalue weighted by molar-refractivity contribution is -0.0973. The molecule has 0 amide bonds. The van der Waals surface area contributed by atoms with Crippen molar-refractivity contribution in [3.05, 3.63) is 12.0 Å². The van der Waals surface area contributed by atoms with E-state index in [4.69, 9.17) is 14.9 Å². The predicted octanol–water partition coefficient (Wildman–Crippen LogP) is -1.11. The highest BCUT2D eigenvalue weighted by molar-refractivity contribution is 4.93. The minimum atomic E-state index is -1.17. The van der Waals surface area contributed by atoms with Crippen molar-refractivity contribution in [1.29, 1.82) is 0 Å². The highest BCUT2D eigenvalue weighted by Gasteiger charge is 2.30. The van der Waals surface area contributed by atoms with E-state index in [1.54, 1.807) is 0 Å². The zero-order valence-electron chi connectivity index (χ0n) is 6.42. The summed E-state index contributed by atoms with van der Waals surface area (Å²) in [7, 11) is 0. The minimum Gasteiger partial charge on any atom is -0.481 e. The summed E-state index contributed by atoms with van der Waals surface area (Å²) in [4.78, 5) is 0. The first-order chi connectivity index (χ1) is 5.65. The summed E-state index contributed by atoms with van der Waals surface area (Å²) in [5, 5.41) is 36.1. The van der Waals surface area contributed by atoms with Crippen LogP contribution in [0.15, 0.2) is 12.0 Å². The second-order valence-corrected chi connectivity index (χ2v) is 2.67. The molecule has 12 heavy (non-hydrogen) atoms. The number of rotatable bonds is 1. The summed E-state index contributed by atoms with van der Waals surface area (Å²) in [5.41, 5.74) is 0. The van der Waals surface area contributed by atoms with Crippen LogP contribution in [0.1, 0.15) is 6.42 Å². The molecule has 0 aliphatic carbocycles. The Kier molecular flexibility index (Phi) is 2.91.